The number of carbonyl (C=O) groups excluding carboxylic acids is 1. The molecule has 1 aliphatic rings. The van der Waals surface area contributed by atoms with Gasteiger partial charge >= 0.3 is 6.09 Å². The van der Waals surface area contributed by atoms with E-state index in [4.69, 9.17) is 4.74 Å². The number of likely N-dealkylation sites (N-methyl/N-ethyl adjacent to an activating group) is 1. The van der Waals surface area contributed by atoms with Crippen LogP contribution in [0.3, 0.4) is 0 Å². The van der Waals surface area contributed by atoms with Crippen LogP contribution in [0.15, 0.2) is 12.7 Å². The predicted octanol–water partition coefficient (Wildman–Crippen LogP) is 2.02. The highest BCUT2D eigenvalue weighted by Crippen LogP contribution is 2.22. The van der Waals surface area contributed by atoms with Crippen molar-refractivity contribution in [3.63, 3.8) is 0 Å². The monoisotopic (exact) mass is 240 g/mol. The maximum absolute atomic E-state index is 11.9. The summed E-state index contributed by atoms with van der Waals surface area (Å²) >= 11 is 0. The third-order valence-electron chi connectivity index (χ3n) is 2.97. The summed E-state index contributed by atoms with van der Waals surface area (Å²) in [6.45, 7) is 11.0. The molecule has 0 aromatic heterocycles. The van der Waals surface area contributed by atoms with Crippen molar-refractivity contribution in [3.8, 4) is 0 Å². The molecule has 2 atom stereocenters. The van der Waals surface area contributed by atoms with Crippen LogP contribution in [0.4, 0.5) is 4.79 Å². The normalized spacial score (nSPS) is 22.4. The van der Waals surface area contributed by atoms with Gasteiger partial charge in [-0.2, -0.15) is 0 Å². The van der Waals surface area contributed by atoms with E-state index in [2.05, 4.69) is 11.9 Å². The number of nitrogens with one attached hydrogen (secondary N) is 1. The van der Waals surface area contributed by atoms with Crippen molar-refractivity contribution in [2.45, 2.75) is 38.8 Å². The van der Waals surface area contributed by atoms with Crippen LogP contribution in [-0.4, -0.2) is 42.8 Å². The number of hydrogen-bond donors (Lipinski definition) is 1. The Morgan fingerprint density at radius 2 is 2.24 bits per heavy atom. The van der Waals surface area contributed by atoms with Gasteiger partial charge in [0.15, 0.2) is 0 Å². The Balaban J connectivity index is 2.50. The van der Waals surface area contributed by atoms with Gasteiger partial charge in [-0.3, -0.25) is 0 Å². The minimum atomic E-state index is -0.421. The van der Waals surface area contributed by atoms with E-state index in [1.165, 1.54) is 0 Å². The standard InChI is InChI=1S/C13H24N2O2/c1-6-11(14-5)10-7-8-15(9-10)12(16)17-13(2,3)4/h6,10-11,14H,1,7-9H2,2-5H3. The third kappa shape index (κ3) is 4.04. The highest BCUT2D eigenvalue weighted by molar-refractivity contribution is 5.68. The molecule has 1 amide bonds. The van der Waals surface area contributed by atoms with E-state index in [1.54, 1.807) is 4.90 Å². The van der Waals surface area contributed by atoms with Gasteiger partial charge in [0.2, 0.25) is 0 Å². The van der Waals surface area contributed by atoms with Crippen molar-refractivity contribution >= 4 is 6.09 Å². The molecule has 0 aliphatic carbocycles. The van der Waals surface area contributed by atoms with Crippen LogP contribution in [0.2, 0.25) is 0 Å². The summed E-state index contributed by atoms with van der Waals surface area (Å²) in [5, 5.41) is 3.20. The van der Waals surface area contributed by atoms with Gasteiger partial charge in [-0.25, -0.2) is 4.79 Å². The second-order valence-corrected chi connectivity index (χ2v) is 5.53. The van der Waals surface area contributed by atoms with Crippen LogP contribution in [0.1, 0.15) is 27.2 Å². The minimum Gasteiger partial charge on any atom is -0.444 e. The Bertz CT molecular complexity index is 284. The predicted molar refractivity (Wildman–Crippen MR) is 69.0 cm³/mol. The molecule has 1 aliphatic heterocycles. The molecule has 1 fully saturated rings. The van der Waals surface area contributed by atoms with Crippen LogP contribution in [0.25, 0.3) is 0 Å². The number of amides is 1. The Hall–Kier alpha value is -1.03. The van der Waals surface area contributed by atoms with E-state index in [1.807, 2.05) is 33.9 Å². The van der Waals surface area contributed by atoms with Crippen molar-refractivity contribution in [2.24, 2.45) is 5.92 Å². The van der Waals surface area contributed by atoms with Crippen LogP contribution < -0.4 is 5.32 Å². The van der Waals surface area contributed by atoms with Gasteiger partial charge in [0.05, 0.1) is 0 Å². The van der Waals surface area contributed by atoms with Crippen LogP contribution >= 0.6 is 0 Å². The molecule has 4 heteroatoms. The molecular weight excluding hydrogens is 216 g/mol. The fourth-order valence-corrected chi connectivity index (χ4v) is 2.12. The van der Waals surface area contributed by atoms with E-state index in [0.29, 0.717) is 5.92 Å². The first-order chi connectivity index (χ1) is 7.87. The third-order valence-corrected chi connectivity index (χ3v) is 2.97. The number of likely N-dealkylation sites (tertiary alicyclic amines) is 1. The van der Waals surface area contributed by atoms with E-state index >= 15 is 0 Å². The Labute approximate surface area is 104 Å². The summed E-state index contributed by atoms with van der Waals surface area (Å²) in [4.78, 5) is 13.6. The first kappa shape index (κ1) is 14.0. The fourth-order valence-electron chi connectivity index (χ4n) is 2.12. The number of hydrogen-bond acceptors (Lipinski definition) is 3. The average molecular weight is 240 g/mol. The summed E-state index contributed by atoms with van der Waals surface area (Å²) in [6, 6.07) is 0.266. The Morgan fingerprint density at radius 1 is 1.59 bits per heavy atom. The van der Waals surface area contributed by atoms with Gasteiger partial charge in [0.1, 0.15) is 5.60 Å². The second-order valence-electron chi connectivity index (χ2n) is 5.53. The maximum Gasteiger partial charge on any atom is 0.410 e. The molecule has 1 rings (SSSR count). The van der Waals surface area contributed by atoms with Crippen molar-refractivity contribution in [1.29, 1.82) is 0 Å². The SMILES string of the molecule is C=CC(NC)C1CCN(C(=O)OC(C)(C)C)C1. The van der Waals surface area contributed by atoms with Gasteiger partial charge < -0.3 is 15.0 Å². The summed E-state index contributed by atoms with van der Waals surface area (Å²) in [5.41, 5.74) is -0.421. The van der Waals surface area contributed by atoms with Crippen molar-refractivity contribution in [2.75, 3.05) is 20.1 Å². The van der Waals surface area contributed by atoms with E-state index < -0.39 is 5.60 Å². The molecule has 4 nitrogen and oxygen atoms in total. The molecule has 0 bridgehead atoms. The summed E-state index contributed by atoms with van der Waals surface area (Å²) in [6.07, 6.45) is 2.69. The molecule has 1 heterocycles. The Kier molecular flexibility index (Phi) is 4.57. The molecule has 0 radical (unpaired) electrons. The van der Waals surface area contributed by atoms with Crippen molar-refractivity contribution < 1.29 is 9.53 Å². The first-order valence-electron chi connectivity index (χ1n) is 6.15. The van der Waals surface area contributed by atoms with Crippen LogP contribution in [0, 0.1) is 5.92 Å². The van der Waals surface area contributed by atoms with Crippen molar-refractivity contribution in [3.05, 3.63) is 12.7 Å². The van der Waals surface area contributed by atoms with Gasteiger partial charge in [0, 0.05) is 19.1 Å². The molecule has 0 spiro atoms. The topological polar surface area (TPSA) is 41.6 Å². The van der Waals surface area contributed by atoms with Gasteiger partial charge in [-0.05, 0) is 40.2 Å². The molecular formula is C13H24N2O2. The summed E-state index contributed by atoms with van der Waals surface area (Å²) in [7, 11) is 1.92. The minimum absolute atomic E-state index is 0.209. The summed E-state index contributed by atoms with van der Waals surface area (Å²) in [5.74, 6) is 0.435. The first-order valence-corrected chi connectivity index (χ1v) is 6.15. The molecule has 0 aromatic rings. The summed E-state index contributed by atoms with van der Waals surface area (Å²) < 4.78 is 5.36. The van der Waals surface area contributed by atoms with E-state index in [-0.39, 0.29) is 12.1 Å². The molecule has 0 aromatic carbocycles. The number of ether oxygens (including phenoxy) is 1. The van der Waals surface area contributed by atoms with E-state index in [0.717, 1.165) is 19.5 Å². The largest absolute Gasteiger partial charge is 0.444 e. The molecule has 1 saturated heterocycles. The number of rotatable bonds is 3. The highest BCUT2D eigenvalue weighted by Gasteiger charge is 2.32. The van der Waals surface area contributed by atoms with Crippen LogP contribution in [0.5, 0.6) is 0 Å². The molecule has 1 N–H and O–H groups in total. The lowest BCUT2D eigenvalue weighted by atomic mass is 9.99. The van der Waals surface area contributed by atoms with Crippen molar-refractivity contribution in [1.82, 2.24) is 10.2 Å². The lowest BCUT2D eigenvalue weighted by Gasteiger charge is -2.25. The molecule has 17 heavy (non-hydrogen) atoms. The zero-order valence-corrected chi connectivity index (χ0v) is 11.3. The molecule has 0 saturated carbocycles. The molecule has 2 unspecified atom stereocenters. The average Bonchev–Trinajstić information content (AvgIpc) is 2.66. The Morgan fingerprint density at radius 3 is 2.71 bits per heavy atom. The lowest BCUT2D eigenvalue weighted by molar-refractivity contribution is 0.0287. The number of nitrogens with zero attached hydrogens (tertiary/aromatic N) is 1. The smallest absolute Gasteiger partial charge is 0.410 e. The lowest BCUT2D eigenvalue weighted by Crippen LogP contribution is -2.38. The number of carbonyl (C=O) groups is 1. The van der Waals surface area contributed by atoms with Gasteiger partial charge in [-0.1, -0.05) is 6.08 Å². The zero-order chi connectivity index (χ0) is 13.1. The van der Waals surface area contributed by atoms with Crippen LogP contribution in [-0.2, 0) is 4.74 Å². The van der Waals surface area contributed by atoms with Gasteiger partial charge in [-0.15, -0.1) is 6.58 Å². The molecule has 98 valence electrons. The van der Waals surface area contributed by atoms with Gasteiger partial charge in [0.25, 0.3) is 0 Å². The van der Waals surface area contributed by atoms with E-state index in [9.17, 15) is 4.79 Å². The second kappa shape index (κ2) is 5.54. The fraction of sp³-hybridized carbons (Fsp3) is 0.769. The zero-order valence-electron chi connectivity index (χ0n) is 11.3. The maximum atomic E-state index is 11.9. The quantitative estimate of drug-likeness (QED) is 0.767. The highest BCUT2D eigenvalue weighted by atomic mass is 16.6.